The summed E-state index contributed by atoms with van der Waals surface area (Å²) >= 11 is 0. The summed E-state index contributed by atoms with van der Waals surface area (Å²) in [7, 11) is 0. The van der Waals surface area contributed by atoms with Crippen molar-refractivity contribution in [3.63, 3.8) is 0 Å². The van der Waals surface area contributed by atoms with Crippen molar-refractivity contribution in [3.8, 4) is 0 Å². The van der Waals surface area contributed by atoms with Crippen molar-refractivity contribution in [1.29, 1.82) is 0 Å². The van der Waals surface area contributed by atoms with E-state index < -0.39 is 18.2 Å². The Kier molecular flexibility index (Phi) is 40.6. The van der Waals surface area contributed by atoms with Crippen LogP contribution in [0.15, 0.2) is 0 Å². The normalized spacial score (nSPS) is 13.5. The Balaban J connectivity index is 3.56. The molecule has 0 rings (SSSR count). The zero-order valence-electron chi connectivity index (χ0n) is 34.1. The quantitative estimate of drug-likeness (QED) is 0.0475. The molecule has 50 heavy (non-hydrogen) atoms. The third kappa shape index (κ3) is 37.1. The van der Waals surface area contributed by atoms with Crippen LogP contribution in [0.3, 0.4) is 0 Å². The Morgan fingerprint density at radius 3 is 0.960 bits per heavy atom. The molecule has 1 amide bonds. The van der Waals surface area contributed by atoms with Crippen molar-refractivity contribution in [2.75, 3.05) is 6.61 Å². The van der Waals surface area contributed by atoms with E-state index in [1.807, 2.05) is 0 Å². The third-order valence-corrected chi connectivity index (χ3v) is 10.9. The zero-order valence-corrected chi connectivity index (χ0v) is 34.1. The molecule has 0 radical (unpaired) electrons. The molecule has 0 bridgehead atoms. The van der Waals surface area contributed by atoms with Crippen LogP contribution in [-0.4, -0.2) is 46.1 Å². The summed E-state index contributed by atoms with van der Waals surface area (Å²) in [4.78, 5) is 12.5. The Hall–Kier alpha value is -0.650. The van der Waals surface area contributed by atoms with Crippen molar-refractivity contribution in [2.24, 2.45) is 0 Å². The van der Waals surface area contributed by atoms with Gasteiger partial charge in [0, 0.05) is 0 Å². The standard InChI is InChI=1S/C45H91NO4/c1-3-5-7-9-11-13-15-17-19-21-22-23-24-26-28-30-32-34-36-38-42(48)40-45(50)46-43(41-47)44(49)39-37-35-33-31-29-27-25-20-18-16-14-12-10-8-6-4-2/h42-44,47-49H,3-41H2,1-2H3,(H,46,50). The predicted octanol–water partition coefficient (Wildman–Crippen LogP) is 13.0. The number of nitrogens with one attached hydrogen (secondary N) is 1. The molecule has 0 heterocycles. The fourth-order valence-electron chi connectivity index (χ4n) is 7.41. The minimum atomic E-state index is -0.743. The highest BCUT2D eigenvalue weighted by Gasteiger charge is 2.21. The van der Waals surface area contributed by atoms with E-state index in [1.165, 1.54) is 199 Å². The van der Waals surface area contributed by atoms with Crippen LogP contribution in [0.4, 0.5) is 0 Å². The molecule has 0 aliphatic heterocycles. The van der Waals surface area contributed by atoms with Crippen LogP contribution in [0.2, 0.25) is 0 Å². The molecular weight excluding hydrogens is 618 g/mol. The number of amides is 1. The van der Waals surface area contributed by atoms with E-state index in [9.17, 15) is 20.1 Å². The number of carbonyl (C=O) groups excluding carboxylic acids is 1. The predicted molar refractivity (Wildman–Crippen MR) is 218 cm³/mol. The van der Waals surface area contributed by atoms with Gasteiger partial charge in [-0.2, -0.15) is 0 Å². The maximum atomic E-state index is 12.5. The summed E-state index contributed by atoms with van der Waals surface area (Å²) in [5.41, 5.74) is 0. The number of unbranched alkanes of at least 4 members (excludes halogenated alkanes) is 33. The van der Waals surface area contributed by atoms with Crippen LogP contribution in [0.25, 0.3) is 0 Å². The maximum absolute atomic E-state index is 12.5. The lowest BCUT2D eigenvalue weighted by atomic mass is 10.0. The Morgan fingerprint density at radius 1 is 0.420 bits per heavy atom. The fourth-order valence-corrected chi connectivity index (χ4v) is 7.41. The van der Waals surface area contributed by atoms with Crippen LogP contribution >= 0.6 is 0 Å². The van der Waals surface area contributed by atoms with Crippen LogP contribution in [-0.2, 0) is 4.79 Å². The van der Waals surface area contributed by atoms with Gasteiger partial charge in [0.15, 0.2) is 0 Å². The lowest BCUT2D eigenvalue weighted by Crippen LogP contribution is -2.46. The summed E-state index contributed by atoms with van der Waals surface area (Å²) < 4.78 is 0. The van der Waals surface area contributed by atoms with E-state index in [0.29, 0.717) is 12.8 Å². The average molecular weight is 710 g/mol. The van der Waals surface area contributed by atoms with E-state index in [0.717, 1.165) is 25.7 Å². The molecule has 0 aromatic heterocycles. The highest BCUT2D eigenvalue weighted by molar-refractivity contribution is 5.76. The first-order valence-electron chi connectivity index (χ1n) is 22.8. The van der Waals surface area contributed by atoms with E-state index in [2.05, 4.69) is 19.2 Å². The molecule has 0 aromatic carbocycles. The van der Waals surface area contributed by atoms with Crippen LogP contribution in [0.5, 0.6) is 0 Å². The van der Waals surface area contributed by atoms with E-state index in [1.54, 1.807) is 0 Å². The Labute approximate surface area is 313 Å². The minimum absolute atomic E-state index is 0.0430. The molecule has 5 heteroatoms. The lowest BCUT2D eigenvalue weighted by Gasteiger charge is -2.23. The van der Waals surface area contributed by atoms with Gasteiger partial charge in [-0.05, 0) is 12.8 Å². The topological polar surface area (TPSA) is 89.8 Å². The lowest BCUT2D eigenvalue weighted by molar-refractivity contribution is -0.125. The van der Waals surface area contributed by atoms with Gasteiger partial charge in [-0.1, -0.05) is 239 Å². The molecular formula is C45H91NO4. The fraction of sp³-hybridized carbons (Fsp3) is 0.978. The summed E-state index contributed by atoms with van der Waals surface area (Å²) in [6.45, 7) is 4.29. The molecule has 3 atom stereocenters. The van der Waals surface area contributed by atoms with Crippen LogP contribution in [0, 0.1) is 0 Å². The first-order valence-corrected chi connectivity index (χ1v) is 22.8. The number of hydrogen-bond donors (Lipinski definition) is 4. The van der Waals surface area contributed by atoms with E-state index in [-0.39, 0.29) is 18.9 Å². The Morgan fingerprint density at radius 2 is 0.680 bits per heavy atom. The number of carbonyl (C=O) groups is 1. The molecule has 4 N–H and O–H groups in total. The average Bonchev–Trinajstić information content (AvgIpc) is 3.11. The van der Waals surface area contributed by atoms with Gasteiger partial charge in [0.05, 0.1) is 31.3 Å². The van der Waals surface area contributed by atoms with Gasteiger partial charge < -0.3 is 20.6 Å². The second kappa shape index (κ2) is 41.1. The third-order valence-electron chi connectivity index (χ3n) is 10.9. The van der Waals surface area contributed by atoms with Crippen molar-refractivity contribution in [1.82, 2.24) is 5.32 Å². The van der Waals surface area contributed by atoms with Gasteiger partial charge >= 0.3 is 0 Å². The molecule has 0 saturated heterocycles. The number of rotatable bonds is 42. The molecule has 300 valence electrons. The molecule has 0 aliphatic rings. The van der Waals surface area contributed by atoms with Gasteiger partial charge in [-0.15, -0.1) is 0 Å². The summed E-state index contributed by atoms with van der Waals surface area (Å²) in [6, 6.07) is -0.652. The summed E-state index contributed by atoms with van der Waals surface area (Å²) in [6.07, 6.45) is 46.4. The minimum Gasteiger partial charge on any atom is -0.394 e. The number of aliphatic hydroxyl groups excluding tert-OH is 3. The Bertz CT molecular complexity index is 659. The van der Waals surface area contributed by atoms with Crippen molar-refractivity contribution in [3.05, 3.63) is 0 Å². The van der Waals surface area contributed by atoms with E-state index >= 15 is 0 Å². The van der Waals surface area contributed by atoms with Crippen molar-refractivity contribution < 1.29 is 20.1 Å². The van der Waals surface area contributed by atoms with Crippen LogP contribution < -0.4 is 5.32 Å². The number of aliphatic hydroxyl groups is 3. The monoisotopic (exact) mass is 710 g/mol. The van der Waals surface area contributed by atoms with Gasteiger partial charge in [-0.25, -0.2) is 0 Å². The summed E-state index contributed by atoms with van der Waals surface area (Å²) in [5, 5.41) is 33.4. The highest BCUT2D eigenvalue weighted by atomic mass is 16.3. The molecule has 3 unspecified atom stereocenters. The first kappa shape index (κ1) is 49.4. The van der Waals surface area contributed by atoms with Crippen molar-refractivity contribution in [2.45, 2.75) is 276 Å². The second-order valence-electron chi connectivity index (χ2n) is 16.0. The molecule has 5 nitrogen and oxygen atoms in total. The second-order valence-corrected chi connectivity index (χ2v) is 16.0. The maximum Gasteiger partial charge on any atom is 0.222 e. The molecule has 0 aliphatic carbocycles. The number of hydrogen-bond acceptors (Lipinski definition) is 4. The van der Waals surface area contributed by atoms with Gasteiger partial charge in [0.25, 0.3) is 0 Å². The zero-order chi connectivity index (χ0) is 36.6. The molecule has 0 fully saturated rings. The molecule has 0 spiro atoms. The van der Waals surface area contributed by atoms with Gasteiger partial charge in [0.2, 0.25) is 5.91 Å². The highest BCUT2D eigenvalue weighted by Crippen LogP contribution is 2.17. The summed E-state index contributed by atoms with van der Waals surface area (Å²) in [5.74, 6) is -0.277. The van der Waals surface area contributed by atoms with E-state index in [4.69, 9.17) is 0 Å². The van der Waals surface area contributed by atoms with Crippen LogP contribution in [0.1, 0.15) is 258 Å². The SMILES string of the molecule is CCCCCCCCCCCCCCCCCCCCCC(O)CC(=O)NC(CO)C(O)CCCCCCCCCCCCCCCCCC. The largest absolute Gasteiger partial charge is 0.394 e. The molecule has 0 aromatic rings. The van der Waals surface area contributed by atoms with Gasteiger partial charge in [-0.3, -0.25) is 4.79 Å². The smallest absolute Gasteiger partial charge is 0.222 e. The van der Waals surface area contributed by atoms with Gasteiger partial charge in [0.1, 0.15) is 0 Å². The molecule has 0 saturated carbocycles. The first-order chi connectivity index (χ1) is 24.5. The van der Waals surface area contributed by atoms with Crippen molar-refractivity contribution >= 4 is 5.91 Å².